The van der Waals surface area contributed by atoms with Crippen molar-refractivity contribution in [2.75, 3.05) is 0 Å². The average molecular weight is 343 g/mol. The van der Waals surface area contributed by atoms with Gasteiger partial charge in [-0.25, -0.2) is 4.79 Å². The van der Waals surface area contributed by atoms with Gasteiger partial charge in [-0.15, -0.1) is 11.3 Å². The zero-order chi connectivity index (χ0) is 17.4. The number of urea groups is 1. The highest BCUT2D eigenvalue weighted by atomic mass is 32.1. The van der Waals surface area contributed by atoms with E-state index in [1.807, 2.05) is 49.0 Å². The monoisotopic (exact) mass is 343 g/mol. The van der Waals surface area contributed by atoms with Crippen LogP contribution in [0, 0.1) is 13.8 Å². The molecule has 1 aliphatic heterocycles. The summed E-state index contributed by atoms with van der Waals surface area (Å²) in [6.07, 6.45) is 1.55. The number of hydrogen-bond donors (Lipinski definition) is 1. The van der Waals surface area contributed by atoms with Gasteiger partial charge in [-0.3, -0.25) is 19.8 Å². The predicted molar refractivity (Wildman–Crippen MR) is 91.3 cm³/mol. The zero-order valence-electron chi connectivity index (χ0n) is 13.6. The van der Waals surface area contributed by atoms with Crippen molar-refractivity contribution in [1.29, 1.82) is 0 Å². The molecule has 0 spiro atoms. The van der Waals surface area contributed by atoms with Crippen molar-refractivity contribution in [1.82, 2.24) is 14.8 Å². The molecule has 1 N–H and O–H groups in total. The van der Waals surface area contributed by atoms with Gasteiger partial charge in [0.25, 0.3) is 11.8 Å². The van der Waals surface area contributed by atoms with E-state index in [4.69, 9.17) is 0 Å². The fraction of sp³-hybridized carbons (Fsp3) is 0.235. The quantitative estimate of drug-likeness (QED) is 0.687. The molecule has 0 saturated carbocycles. The number of rotatable bonds is 3. The highest BCUT2D eigenvalue weighted by Gasteiger charge is 2.36. The highest BCUT2D eigenvalue weighted by molar-refractivity contribution is 7.09. The molecule has 3 rings (SSSR count). The van der Waals surface area contributed by atoms with E-state index in [0.717, 1.165) is 26.7 Å². The van der Waals surface area contributed by atoms with Crippen LogP contribution in [-0.4, -0.2) is 27.3 Å². The van der Waals surface area contributed by atoms with Gasteiger partial charge in [0.2, 0.25) is 0 Å². The Kier molecular flexibility index (Phi) is 4.11. The van der Waals surface area contributed by atoms with Gasteiger partial charge < -0.3 is 4.57 Å². The Labute approximate surface area is 143 Å². The Morgan fingerprint density at radius 2 is 2.00 bits per heavy atom. The number of thiophene rings is 1. The molecule has 0 aliphatic carbocycles. The zero-order valence-corrected chi connectivity index (χ0v) is 14.4. The lowest BCUT2D eigenvalue weighted by Crippen LogP contribution is -2.53. The van der Waals surface area contributed by atoms with Crippen molar-refractivity contribution in [3.8, 4) is 0 Å². The molecule has 0 bridgehead atoms. The maximum Gasteiger partial charge on any atom is 0.331 e. The topological polar surface area (TPSA) is 71.4 Å². The van der Waals surface area contributed by atoms with Crippen molar-refractivity contribution in [3.05, 3.63) is 51.0 Å². The first-order chi connectivity index (χ1) is 11.4. The minimum absolute atomic E-state index is 0.0279. The Balaban J connectivity index is 1.96. The van der Waals surface area contributed by atoms with Gasteiger partial charge in [0, 0.05) is 23.3 Å². The summed E-state index contributed by atoms with van der Waals surface area (Å²) in [5.74, 6) is -1.23. The molecule has 2 aromatic rings. The number of imide groups is 2. The van der Waals surface area contributed by atoms with E-state index in [0.29, 0.717) is 0 Å². The molecule has 1 aliphatic rings. The van der Waals surface area contributed by atoms with Crippen LogP contribution in [-0.2, 0) is 23.2 Å². The third kappa shape index (κ3) is 2.78. The first-order valence-corrected chi connectivity index (χ1v) is 8.30. The third-order valence-corrected chi connectivity index (χ3v) is 5.06. The molecule has 0 radical (unpaired) electrons. The predicted octanol–water partition coefficient (Wildman–Crippen LogP) is 2.37. The van der Waals surface area contributed by atoms with Crippen LogP contribution in [0.5, 0.6) is 0 Å². The summed E-state index contributed by atoms with van der Waals surface area (Å²) in [5.41, 5.74) is 2.73. The molecule has 2 aromatic heterocycles. The summed E-state index contributed by atoms with van der Waals surface area (Å²) in [5, 5.41) is 4.11. The van der Waals surface area contributed by atoms with E-state index in [1.54, 1.807) is 6.08 Å². The molecular formula is C17H17N3O3S. The molecule has 124 valence electrons. The maximum absolute atomic E-state index is 12.7. The molecule has 0 aromatic carbocycles. The second kappa shape index (κ2) is 6.09. The number of nitrogens with one attached hydrogen (secondary N) is 1. The van der Waals surface area contributed by atoms with Crippen molar-refractivity contribution < 1.29 is 14.4 Å². The normalized spacial score (nSPS) is 16.9. The Bertz CT molecular complexity index is 862. The summed E-state index contributed by atoms with van der Waals surface area (Å²) in [6.45, 7) is 4.02. The van der Waals surface area contributed by atoms with Crippen LogP contribution >= 0.6 is 11.3 Å². The smallest absolute Gasteiger partial charge is 0.331 e. The standard InChI is InChI=1S/C17H17N3O3S/c1-10-7-12(11(2)19(10)3)8-14-15(21)18-17(23)20(16(14)22)9-13-5-4-6-24-13/h4-8H,9H2,1-3H3,(H,18,21,23). The van der Waals surface area contributed by atoms with E-state index >= 15 is 0 Å². The van der Waals surface area contributed by atoms with Crippen molar-refractivity contribution >= 4 is 35.3 Å². The Morgan fingerprint density at radius 3 is 2.58 bits per heavy atom. The first kappa shape index (κ1) is 16.2. The van der Waals surface area contributed by atoms with Crippen LogP contribution in [0.15, 0.2) is 29.2 Å². The molecule has 4 amide bonds. The lowest BCUT2D eigenvalue weighted by atomic mass is 10.1. The van der Waals surface area contributed by atoms with Crippen molar-refractivity contribution in [2.24, 2.45) is 7.05 Å². The fourth-order valence-electron chi connectivity index (χ4n) is 2.58. The maximum atomic E-state index is 12.7. The molecule has 0 unspecified atom stereocenters. The largest absolute Gasteiger partial charge is 0.352 e. The molecule has 7 heteroatoms. The SMILES string of the molecule is Cc1cc(C=C2C(=O)NC(=O)N(Cc3cccs3)C2=O)c(C)n1C. The van der Waals surface area contributed by atoms with Crippen LogP contribution in [0.2, 0.25) is 0 Å². The first-order valence-electron chi connectivity index (χ1n) is 7.42. The number of hydrogen-bond acceptors (Lipinski definition) is 4. The van der Waals surface area contributed by atoms with E-state index in [2.05, 4.69) is 5.32 Å². The van der Waals surface area contributed by atoms with Crippen molar-refractivity contribution in [2.45, 2.75) is 20.4 Å². The molecule has 1 fully saturated rings. The second-order valence-corrected chi connectivity index (χ2v) is 6.71. The van der Waals surface area contributed by atoms with Gasteiger partial charge in [0.1, 0.15) is 5.57 Å². The van der Waals surface area contributed by atoms with Crippen LogP contribution < -0.4 is 5.32 Å². The van der Waals surface area contributed by atoms with Crippen LogP contribution in [0.3, 0.4) is 0 Å². The van der Waals surface area contributed by atoms with Gasteiger partial charge in [0.15, 0.2) is 0 Å². The summed E-state index contributed by atoms with van der Waals surface area (Å²) < 4.78 is 1.98. The Hall–Kier alpha value is -2.67. The van der Waals surface area contributed by atoms with Gasteiger partial charge >= 0.3 is 6.03 Å². The molecule has 24 heavy (non-hydrogen) atoms. The van der Waals surface area contributed by atoms with Gasteiger partial charge in [-0.05, 0) is 43.0 Å². The number of amides is 4. The van der Waals surface area contributed by atoms with Gasteiger partial charge in [-0.1, -0.05) is 6.07 Å². The summed E-state index contributed by atoms with van der Waals surface area (Å²) in [4.78, 5) is 38.7. The van der Waals surface area contributed by atoms with E-state index in [1.165, 1.54) is 11.3 Å². The average Bonchev–Trinajstić information content (AvgIpc) is 3.13. The third-order valence-electron chi connectivity index (χ3n) is 4.19. The summed E-state index contributed by atoms with van der Waals surface area (Å²) in [7, 11) is 1.92. The minimum Gasteiger partial charge on any atom is -0.352 e. The summed E-state index contributed by atoms with van der Waals surface area (Å²) in [6, 6.07) is 4.92. The lowest BCUT2D eigenvalue weighted by molar-refractivity contribution is -0.130. The molecule has 1 saturated heterocycles. The molecule has 6 nitrogen and oxygen atoms in total. The number of aromatic nitrogens is 1. The number of aryl methyl sites for hydroxylation is 1. The van der Waals surface area contributed by atoms with E-state index in [-0.39, 0.29) is 12.1 Å². The van der Waals surface area contributed by atoms with Crippen LogP contribution in [0.25, 0.3) is 6.08 Å². The van der Waals surface area contributed by atoms with E-state index < -0.39 is 17.8 Å². The minimum atomic E-state index is -0.684. The van der Waals surface area contributed by atoms with Gasteiger partial charge in [-0.2, -0.15) is 0 Å². The molecule has 0 atom stereocenters. The molecular weight excluding hydrogens is 326 g/mol. The fourth-order valence-corrected chi connectivity index (χ4v) is 3.27. The lowest BCUT2D eigenvalue weighted by Gasteiger charge is -2.25. The second-order valence-electron chi connectivity index (χ2n) is 5.67. The van der Waals surface area contributed by atoms with E-state index in [9.17, 15) is 14.4 Å². The van der Waals surface area contributed by atoms with Crippen LogP contribution in [0.4, 0.5) is 4.79 Å². The Morgan fingerprint density at radius 1 is 1.25 bits per heavy atom. The molecule has 3 heterocycles. The van der Waals surface area contributed by atoms with Gasteiger partial charge in [0.05, 0.1) is 6.54 Å². The van der Waals surface area contributed by atoms with Crippen molar-refractivity contribution in [3.63, 3.8) is 0 Å². The van der Waals surface area contributed by atoms with Crippen LogP contribution in [0.1, 0.15) is 21.8 Å². The number of barbiturate groups is 1. The number of nitrogens with zero attached hydrogens (tertiary/aromatic N) is 2. The number of carbonyl (C=O) groups excluding carboxylic acids is 3. The highest BCUT2D eigenvalue weighted by Crippen LogP contribution is 2.21. The number of carbonyl (C=O) groups is 3. The summed E-state index contributed by atoms with van der Waals surface area (Å²) >= 11 is 1.45.